The third kappa shape index (κ3) is 3.14. The maximum Gasteiger partial charge on any atom is 0.268 e. The molecule has 0 radical (unpaired) electrons. The van der Waals surface area contributed by atoms with E-state index in [0.717, 1.165) is 11.4 Å². The standard InChI is InChI=1S/C18H23N5O3/c1-11-16(12(2)20-17(11)13(3)24)18(26)23-7-5-22(6-8-23)14-9-15(25)21(4)19-10-14/h9-10,20H,5-8H2,1-4H3. The Hall–Kier alpha value is -2.90. The first-order valence-electron chi connectivity index (χ1n) is 8.57. The maximum atomic E-state index is 12.9. The van der Waals surface area contributed by atoms with E-state index in [1.54, 1.807) is 31.1 Å². The van der Waals surface area contributed by atoms with Crippen LogP contribution >= 0.6 is 0 Å². The molecule has 8 heteroatoms. The number of ketones is 1. The molecule has 1 saturated heterocycles. The highest BCUT2D eigenvalue weighted by atomic mass is 16.2. The fourth-order valence-electron chi connectivity index (χ4n) is 3.38. The van der Waals surface area contributed by atoms with Gasteiger partial charge in [-0.2, -0.15) is 5.10 Å². The van der Waals surface area contributed by atoms with Gasteiger partial charge in [-0.15, -0.1) is 0 Å². The monoisotopic (exact) mass is 357 g/mol. The SMILES string of the molecule is CC(=O)c1[nH]c(C)c(C(=O)N2CCN(c3cnn(C)c(=O)c3)CC2)c1C. The highest BCUT2D eigenvalue weighted by Gasteiger charge is 2.27. The van der Waals surface area contributed by atoms with Gasteiger partial charge in [-0.05, 0) is 19.4 Å². The van der Waals surface area contributed by atoms with Crippen LogP contribution in [0.3, 0.4) is 0 Å². The lowest BCUT2D eigenvalue weighted by molar-refractivity contribution is 0.0745. The molecule has 3 heterocycles. The predicted molar refractivity (Wildman–Crippen MR) is 97.9 cm³/mol. The van der Waals surface area contributed by atoms with E-state index < -0.39 is 0 Å². The van der Waals surface area contributed by atoms with Gasteiger partial charge in [0.25, 0.3) is 11.5 Å². The van der Waals surface area contributed by atoms with Crippen molar-refractivity contribution in [2.24, 2.45) is 7.05 Å². The van der Waals surface area contributed by atoms with Crippen LogP contribution in [0, 0.1) is 13.8 Å². The van der Waals surface area contributed by atoms with Crippen LogP contribution in [0.2, 0.25) is 0 Å². The number of aromatic nitrogens is 3. The van der Waals surface area contributed by atoms with E-state index in [4.69, 9.17) is 0 Å². The third-order valence-electron chi connectivity index (χ3n) is 4.89. The summed E-state index contributed by atoms with van der Waals surface area (Å²) in [5.74, 6) is -0.141. The van der Waals surface area contributed by atoms with E-state index >= 15 is 0 Å². The van der Waals surface area contributed by atoms with Gasteiger partial charge in [-0.1, -0.05) is 0 Å². The summed E-state index contributed by atoms with van der Waals surface area (Å²) in [6.45, 7) is 7.46. The molecular formula is C18H23N5O3. The molecule has 1 aliphatic heterocycles. The van der Waals surface area contributed by atoms with Gasteiger partial charge in [0.05, 0.1) is 23.1 Å². The van der Waals surface area contributed by atoms with E-state index in [1.165, 1.54) is 11.6 Å². The Labute approximate surface area is 151 Å². The second-order valence-electron chi connectivity index (χ2n) is 6.64. The minimum Gasteiger partial charge on any atom is -0.367 e. The number of carbonyl (C=O) groups excluding carboxylic acids is 2. The number of nitrogens with zero attached hydrogens (tertiary/aromatic N) is 4. The van der Waals surface area contributed by atoms with Gasteiger partial charge in [0.2, 0.25) is 0 Å². The molecular weight excluding hydrogens is 334 g/mol. The smallest absolute Gasteiger partial charge is 0.268 e. The number of aryl methyl sites for hydroxylation is 2. The number of carbonyl (C=O) groups is 2. The van der Waals surface area contributed by atoms with E-state index in [2.05, 4.69) is 15.0 Å². The van der Waals surface area contributed by atoms with Crippen LogP contribution in [-0.2, 0) is 7.05 Å². The number of anilines is 1. The fourth-order valence-corrected chi connectivity index (χ4v) is 3.38. The predicted octanol–water partition coefficient (Wildman–Crippen LogP) is 0.890. The summed E-state index contributed by atoms with van der Waals surface area (Å²) in [6, 6.07) is 1.56. The van der Waals surface area contributed by atoms with Crippen LogP contribution in [0.4, 0.5) is 5.69 Å². The lowest BCUT2D eigenvalue weighted by Crippen LogP contribution is -2.49. The Kier molecular flexibility index (Phi) is 4.67. The fraction of sp³-hybridized carbons (Fsp3) is 0.444. The molecule has 0 aliphatic carbocycles. The Morgan fingerprint density at radius 2 is 1.81 bits per heavy atom. The summed E-state index contributed by atoms with van der Waals surface area (Å²) < 4.78 is 1.29. The van der Waals surface area contributed by atoms with Crippen LogP contribution in [0.25, 0.3) is 0 Å². The summed E-state index contributed by atoms with van der Waals surface area (Å²) in [5.41, 5.74) is 3.12. The Bertz CT molecular complexity index is 919. The third-order valence-corrected chi connectivity index (χ3v) is 4.89. The van der Waals surface area contributed by atoms with Crippen molar-refractivity contribution in [3.8, 4) is 0 Å². The summed E-state index contributed by atoms with van der Waals surface area (Å²) in [6.07, 6.45) is 1.67. The van der Waals surface area contributed by atoms with Crippen molar-refractivity contribution in [1.82, 2.24) is 19.7 Å². The van der Waals surface area contributed by atoms with Gasteiger partial charge in [0.15, 0.2) is 5.78 Å². The molecule has 1 N–H and O–H groups in total. The van der Waals surface area contributed by atoms with Crippen molar-refractivity contribution in [3.63, 3.8) is 0 Å². The molecule has 8 nitrogen and oxygen atoms in total. The van der Waals surface area contributed by atoms with Crippen molar-refractivity contribution in [2.75, 3.05) is 31.1 Å². The van der Waals surface area contributed by atoms with Crippen LogP contribution in [-0.4, -0.2) is 57.5 Å². The van der Waals surface area contributed by atoms with Gasteiger partial charge in [0, 0.05) is 51.9 Å². The topological polar surface area (TPSA) is 91.3 Å². The van der Waals surface area contributed by atoms with Crippen molar-refractivity contribution in [3.05, 3.63) is 45.1 Å². The number of rotatable bonds is 3. The first kappa shape index (κ1) is 17.9. The molecule has 1 aliphatic rings. The molecule has 0 unspecified atom stereocenters. The number of hydrogen-bond donors (Lipinski definition) is 1. The van der Waals surface area contributed by atoms with Crippen molar-refractivity contribution >= 4 is 17.4 Å². The molecule has 3 rings (SSSR count). The number of aromatic amines is 1. The zero-order valence-corrected chi connectivity index (χ0v) is 15.5. The highest BCUT2D eigenvalue weighted by Crippen LogP contribution is 2.22. The summed E-state index contributed by atoms with van der Waals surface area (Å²) in [4.78, 5) is 43.2. The molecule has 0 aromatic carbocycles. The van der Waals surface area contributed by atoms with Gasteiger partial charge in [-0.3, -0.25) is 14.4 Å². The Morgan fingerprint density at radius 3 is 2.35 bits per heavy atom. The lowest BCUT2D eigenvalue weighted by Gasteiger charge is -2.36. The normalized spacial score (nSPS) is 14.6. The Balaban J connectivity index is 1.74. The lowest BCUT2D eigenvalue weighted by atomic mass is 10.1. The molecule has 0 spiro atoms. The largest absolute Gasteiger partial charge is 0.367 e. The first-order valence-corrected chi connectivity index (χ1v) is 8.57. The summed E-state index contributed by atoms with van der Waals surface area (Å²) in [5, 5.41) is 4.04. The zero-order chi connectivity index (χ0) is 19.0. The summed E-state index contributed by atoms with van der Waals surface area (Å²) >= 11 is 0. The van der Waals surface area contributed by atoms with E-state index in [1.807, 2.05) is 6.92 Å². The second kappa shape index (κ2) is 6.78. The molecule has 0 atom stereocenters. The van der Waals surface area contributed by atoms with Gasteiger partial charge < -0.3 is 14.8 Å². The molecule has 1 amide bonds. The average molecular weight is 357 g/mol. The van der Waals surface area contributed by atoms with Gasteiger partial charge in [-0.25, -0.2) is 4.68 Å². The minimum absolute atomic E-state index is 0.0644. The van der Waals surface area contributed by atoms with Crippen molar-refractivity contribution in [2.45, 2.75) is 20.8 Å². The van der Waals surface area contributed by atoms with Crippen LogP contribution in [0.5, 0.6) is 0 Å². The van der Waals surface area contributed by atoms with E-state index in [0.29, 0.717) is 43.0 Å². The zero-order valence-electron chi connectivity index (χ0n) is 15.5. The number of nitrogens with one attached hydrogen (secondary N) is 1. The second-order valence-corrected chi connectivity index (χ2v) is 6.64. The quantitative estimate of drug-likeness (QED) is 0.824. The molecule has 2 aromatic rings. The molecule has 2 aromatic heterocycles. The molecule has 138 valence electrons. The summed E-state index contributed by atoms with van der Waals surface area (Å²) in [7, 11) is 1.61. The van der Waals surface area contributed by atoms with Crippen molar-refractivity contribution in [1.29, 1.82) is 0 Å². The molecule has 0 bridgehead atoms. The van der Waals surface area contributed by atoms with Crippen LogP contribution in [0.15, 0.2) is 17.1 Å². The van der Waals surface area contributed by atoms with E-state index in [-0.39, 0.29) is 17.2 Å². The van der Waals surface area contributed by atoms with Crippen LogP contribution in [0.1, 0.15) is 39.0 Å². The number of amides is 1. The maximum absolute atomic E-state index is 12.9. The number of hydrogen-bond acceptors (Lipinski definition) is 5. The highest BCUT2D eigenvalue weighted by molar-refractivity contribution is 6.02. The van der Waals surface area contributed by atoms with Gasteiger partial charge in [0.1, 0.15) is 0 Å². The van der Waals surface area contributed by atoms with Crippen LogP contribution < -0.4 is 10.5 Å². The molecule has 0 saturated carbocycles. The first-order chi connectivity index (χ1) is 12.3. The molecule has 26 heavy (non-hydrogen) atoms. The number of H-pyrrole nitrogens is 1. The van der Waals surface area contributed by atoms with E-state index in [9.17, 15) is 14.4 Å². The van der Waals surface area contributed by atoms with Crippen molar-refractivity contribution < 1.29 is 9.59 Å². The number of Topliss-reactive ketones (excluding diaryl/α,β-unsaturated/α-hetero) is 1. The Morgan fingerprint density at radius 1 is 1.15 bits per heavy atom. The van der Waals surface area contributed by atoms with Gasteiger partial charge >= 0.3 is 0 Å². The average Bonchev–Trinajstić information content (AvgIpc) is 2.91. The minimum atomic E-state index is -0.156. The number of piperazine rings is 1. The molecule has 1 fully saturated rings.